The minimum absolute atomic E-state index is 0.00449. The van der Waals surface area contributed by atoms with Crippen LogP contribution in [0.15, 0.2) is 4.52 Å². The van der Waals surface area contributed by atoms with E-state index in [1.807, 2.05) is 6.92 Å². The zero-order chi connectivity index (χ0) is 11.2. The maximum Gasteiger partial charge on any atom is 0.246 e. The van der Waals surface area contributed by atoms with Crippen molar-refractivity contribution >= 4 is 0 Å². The molecule has 0 aliphatic heterocycles. The number of rotatable bonds is 5. The number of hydrogen-bond acceptors (Lipinski definition) is 5. The maximum atomic E-state index is 6.01. The Morgan fingerprint density at radius 1 is 1.56 bits per heavy atom. The largest absolute Gasteiger partial charge is 0.370 e. The molecule has 5 nitrogen and oxygen atoms in total. The van der Waals surface area contributed by atoms with Gasteiger partial charge in [-0.15, -0.1) is 0 Å². The van der Waals surface area contributed by atoms with Crippen molar-refractivity contribution in [2.24, 2.45) is 11.7 Å². The highest BCUT2D eigenvalue weighted by Crippen LogP contribution is 2.45. The molecular weight excluding hydrogens is 206 g/mol. The minimum atomic E-state index is -0.342. The average Bonchev–Trinajstić information content (AvgIpc) is 3.18. The highest BCUT2D eigenvalue weighted by molar-refractivity contribution is 5.12. The number of ether oxygens (including phenoxy) is 1. The summed E-state index contributed by atoms with van der Waals surface area (Å²) in [5.74, 6) is 1.82. The van der Waals surface area contributed by atoms with Gasteiger partial charge in [-0.05, 0) is 38.5 Å². The second-order valence-electron chi connectivity index (χ2n) is 4.83. The van der Waals surface area contributed by atoms with Gasteiger partial charge in [0.2, 0.25) is 11.7 Å². The number of nitrogens with two attached hydrogens (primary N) is 1. The van der Waals surface area contributed by atoms with Gasteiger partial charge in [-0.3, -0.25) is 0 Å². The predicted molar refractivity (Wildman–Crippen MR) is 56.5 cm³/mol. The Hall–Kier alpha value is -0.940. The lowest BCUT2D eigenvalue weighted by atomic mass is 10.2. The van der Waals surface area contributed by atoms with Crippen LogP contribution in [-0.4, -0.2) is 16.7 Å². The Bertz CT molecular complexity index is 382. The lowest BCUT2D eigenvalue weighted by Crippen LogP contribution is -2.19. The van der Waals surface area contributed by atoms with E-state index in [1.165, 1.54) is 12.8 Å². The first-order valence-electron chi connectivity index (χ1n) is 5.97. The fraction of sp³-hybridized carbons (Fsp3) is 0.818. The number of hydrogen-bond donors (Lipinski definition) is 1. The monoisotopic (exact) mass is 223 g/mol. The van der Waals surface area contributed by atoms with Crippen molar-refractivity contribution in [3.8, 4) is 0 Å². The van der Waals surface area contributed by atoms with Gasteiger partial charge in [0.1, 0.15) is 6.10 Å². The Labute approximate surface area is 94.3 Å². The summed E-state index contributed by atoms with van der Waals surface area (Å²) >= 11 is 0. The van der Waals surface area contributed by atoms with Gasteiger partial charge in [0.15, 0.2) is 0 Å². The van der Waals surface area contributed by atoms with Crippen LogP contribution in [-0.2, 0) is 10.3 Å². The molecule has 1 heterocycles. The lowest BCUT2D eigenvalue weighted by Gasteiger charge is -2.11. The topological polar surface area (TPSA) is 74.2 Å². The van der Waals surface area contributed by atoms with Crippen LogP contribution in [0.4, 0.5) is 0 Å². The van der Waals surface area contributed by atoms with Gasteiger partial charge in [0, 0.05) is 6.61 Å². The summed E-state index contributed by atoms with van der Waals surface area (Å²) < 4.78 is 10.9. The first-order chi connectivity index (χ1) is 7.73. The Kier molecular flexibility index (Phi) is 2.26. The molecule has 0 amide bonds. The molecule has 5 heteroatoms. The van der Waals surface area contributed by atoms with Gasteiger partial charge in [0.05, 0.1) is 5.54 Å². The fourth-order valence-corrected chi connectivity index (χ4v) is 1.90. The van der Waals surface area contributed by atoms with Crippen molar-refractivity contribution in [1.82, 2.24) is 10.1 Å². The van der Waals surface area contributed by atoms with Crippen molar-refractivity contribution in [1.29, 1.82) is 0 Å². The molecule has 16 heavy (non-hydrogen) atoms. The molecule has 0 spiro atoms. The predicted octanol–water partition coefficient (Wildman–Crippen LogP) is 1.50. The molecule has 2 N–H and O–H groups in total. The summed E-state index contributed by atoms with van der Waals surface area (Å²) in [4.78, 5) is 4.40. The van der Waals surface area contributed by atoms with E-state index in [4.69, 9.17) is 15.0 Å². The van der Waals surface area contributed by atoms with Gasteiger partial charge in [-0.2, -0.15) is 4.98 Å². The fourth-order valence-electron chi connectivity index (χ4n) is 1.90. The third kappa shape index (κ3) is 1.74. The lowest BCUT2D eigenvalue weighted by molar-refractivity contribution is 0.0384. The van der Waals surface area contributed by atoms with Gasteiger partial charge in [-0.25, -0.2) is 0 Å². The maximum absolute atomic E-state index is 6.01. The second-order valence-corrected chi connectivity index (χ2v) is 4.83. The summed E-state index contributed by atoms with van der Waals surface area (Å²) in [6, 6.07) is 0. The smallest absolute Gasteiger partial charge is 0.246 e. The van der Waals surface area contributed by atoms with Crippen molar-refractivity contribution in [2.45, 2.75) is 44.2 Å². The first-order valence-corrected chi connectivity index (χ1v) is 5.97. The van der Waals surface area contributed by atoms with Crippen LogP contribution in [0, 0.1) is 5.92 Å². The molecule has 1 aromatic heterocycles. The standard InChI is InChI=1S/C11H17N3O2/c1-2-15-8(7-3-4-7)9-13-10(16-14-9)11(12)5-6-11/h7-8H,2-6,12H2,1H3. The second kappa shape index (κ2) is 3.53. The van der Waals surface area contributed by atoms with E-state index in [0.29, 0.717) is 24.2 Å². The number of nitrogens with zero attached hydrogens (tertiary/aromatic N) is 2. The van der Waals surface area contributed by atoms with Crippen molar-refractivity contribution in [2.75, 3.05) is 6.61 Å². The van der Waals surface area contributed by atoms with E-state index in [1.54, 1.807) is 0 Å². The van der Waals surface area contributed by atoms with E-state index in [-0.39, 0.29) is 11.6 Å². The Morgan fingerprint density at radius 3 is 2.88 bits per heavy atom. The van der Waals surface area contributed by atoms with Crippen LogP contribution < -0.4 is 5.73 Å². The molecule has 2 saturated carbocycles. The highest BCUT2D eigenvalue weighted by Gasteiger charge is 2.46. The molecule has 0 bridgehead atoms. The molecule has 1 unspecified atom stereocenters. The quantitative estimate of drug-likeness (QED) is 0.818. The Morgan fingerprint density at radius 2 is 2.31 bits per heavy atom. The van der Waals surface area contributed by atoms with Crippen LogP contribution in [0.25, 0.3) is 0 Å². The van der Waals surface area contributed by atoms with Crippen LogP contribution in [0.1, 0.15) is 50.4 Å². The summed E-state index contributed by atoms with van der Waals surface area (Å²) in [5.41, 5.74) is 5.67. The summed E-state index contributed by atoms with van der Waals surface area (Å²) in [6.07, 6.45) is 4.28. The summed E-state index contributed by atoms with van der Waals surface area (Å²) in [6.45, 7) is 2.67. The van der Waals surface area contributed by atoms with E-state index in [9.17, 15) is 0 Å². The Balaban J connectivity index is 1.79. The van der Waals surface area contributed by atoms with Gasteiger partial charge >= 0.3 is 0 Å². The number of aromatic nitrogens is 2. The average molecular weight is 223 g/mol. The van der Waals surface area contributed by atoms with Crippen LogP contribution in [0.3, 0.4) is 0 Å². The van der Waals surface area contributed by atoms with Gasteiger partial charge in [-0.1, -0.05) is 5.16 Å². The normalized spacial score (nSPS) is 24.4. The summed E-state index contributed by atoms with van der Waals surface area (Å²) in [5, 5.41) is 4.01. The zero-order valence-corrected chi connectivity index (χ0v) is 9.48. The van der Waals surface area contributed by atoms with E-state index < -0.39 is 0 Å². The molecule has 1 aromatic rings. The molecule has 0 saturated heterocycles. The molecule has 2 fully saturated rings. The van der Waals surface area contributed by atoms with Crippen molar-refractivity contribution in [3.05, 3.63) is 11.7 Å². The van der Waals surface area contributed by atoms with Crippen LogP contribution in [0.5, 0.6) is 0 Å². The summed E-state index contributed by atoms with van der Waals surface area (Å²) in [7, 11) is 0. The third-order valence-electron chi connectivity index (χ3n) is 3.31. The molecule has 2 aliphatic carbocycles. The molecule has 2 aliphatic rings. The highest BCUT2D eigenvalue weighted by atomic mass is 16.5. The van der Waals surface area contributed by atoms with Gasteiger partial charge < -0.3 is 15.0 Å². The molecular formula is C11H17N3O2. The van der Waals surface area contributed by atoms with Gasteiger partial charge in [0.25, 0.3) is 0 Å². The zero-order valence-electron chi connectivity index (χ0n) is 9.48. The van der Waals surface area contributed by atoms with Crippen LogP contribution in [0.2, 0.25) is 0 Å². The molecule has 0 radical (unpaired) electrons. The molecule has 0 aromatic carbocycles. The SMILES string of the molecule is CCOC(c1noc(C2(N)CC2)n1)C1CC1. The van der Waals surface area contributed by atoms with Crippen LogP contribution >= 0.6 is 0 Å². The minimum Gasteiger partial charge on any atom is -0.370 e. The molecule has 3 rings (SSSR count). The van der Waals surface area contributed by atoms with Crippen molar-refractivity contribution in [3.63, 3.8) is 0 Å². The van der Waals surface area contributed by atoms with E-state index in [0.717, 1.165) is 12.8 Å². The van der Waals surface area contributed by atoms with Crippen molar-refractivity contribution < 1.29 is 9.26 Å². The third-order valence-corrected chi connectivity index (χ3v) is 3.31. The first kappa shape index (κ1) is 10.2. The van der Waals surface area contributed by atoms with E-state index in [2.05, 4.69) is 10.1 Å². The van der Waals surface area contributed by atoms with E-state index >= 15 is 0 Å². The molecule has 88 valence electrons. The molecule has 1 atom stereocenters.